The second-order valence-electron chi connectivity index (χ2n) is 2.85. The molecule has 0 saturated heterocycles. The highest BCUT2D eigenvalue weighted by atomic mass is 19.1. The highest BCUT2D eigenvalue weighted by Gasteiger charge is 2.02. The Hall–Kier alpha value is -2.02. The van der Waals surface area contributed by atoms with E-state index in [4.69, 9.17) is 0 Å². The van der Waals surface area contributed by atoms with Gasteiger partial charge in [0.25, 0.3) is 0 Å². The molecule has 4 heteroatoms. The zero-order valence-corrected chi connectivity index (χ0v) is 8.17. The van der Waals surface area contributed by atoms with Crippen LogP contribution in [0.2, 0.25) is 0 Å². The third kappa shape index (κ3) is 3.31. The van der Waals surface area contributed by atoms with E-state index in [1.165, 1.54) is 25.1 Å². The van der Waals surface area contributed by atoms with Gasteiger partial charge in [-0.2, -0.15) is 0 Å². The Kier molecular flexibility index (Phi) is 3.69. The molecule has 0 bridgehead atoms. The van der Waals surface area contributed by atoms with Crippen LogP contribution in [-0.2, 0) is 4.79 Å². The molecule has 15 heavy (non-hydrogen) atoms. The van der Waals surface area contributed by atoms with Gasteiger partial charge in [-0.3, -0.25) is 4.79 Å². The minimum atomic E-state index is -0.578. The van der Waals surface area contributed by atoms with Crippen LogP contribution in [0, 0.1) is 17.7 Å². The Morgan fingerprint density at radius 3 is 2.93 bits per heavy atom. The van der Waals surface area contributed by atoms with Crippen LogP contribution in [0.15, 0.2) is 18.2 Å². The molecule has 0 fully saturated rings. The monoisotopic (exact) mass is 207 g/mol. The van der Waals surface area contributed by atoms with Crippen molar-refractivity contribution in [2.24, 2.45) is 0 Å². The molecular formula is C11H10FNO2. The third-order valence-corrected chi connectivity index (χ3v) is 1.63. The lowest BCUT2D eigenvalue weighted by Crippen LogP contribution is -2.19. The number of hydrogen-bond acceptors (Lipinski definition) is 2. The van der Waals surface area contributed by atoms with Gasteiger partial charge in [-0.1, -0.05) is 17.9 Å². The van der Waals surface area contributed by atoms with E-state index in [1.54, 1.807) is 0 Å². The lowest BCUT2D eigenvalue weighted by molar-refractivity contribution is -0.118. The summed E-state index contributed by atoms with van der Waals surface area (Å²) in [7, 11) is 0. The Balaban J connectivity index is 2.75. The van der Waals surface area contributed by atoms with E-state index < -0.39 is 5.82 Å². The maximum absolute atomic E-state index is 13.1. The van der Waals surface area contributed by atoms with Crippen LogP contribution in [0.1, 0.15) is 12.5 Å². The first kappa shape index (κ1) is 11.1. The predicted molar refractivity (Wildman–Crippen MR) is 53.6 cm³/mol. The van der Waals surface area contributed by atoms with Crippen LogP contribution in [0.3, 0.4) is 0 Å². The molecule has 0 saturated carbocycles. The highest BCUT2D eigenvalue weighted by Crippen LogP contribution is 2.17. The normalized spacial score (nSPS) is 8.93. The minimum absolute atomic E-state index is 0.0529. The Labute approximate surface area is 86.9 Å². The zero-order chi connectivity index (χ0) is 11.3. The third-order valence-electron chi connectivity index (χ3n) is 1.63. The Morgan fingerprint density at radius 1 is 1.60 bits per heavy atom. The molecule has 0 aliphatic heterocycles. The molecule has 1 amide bonds. The largest absolute Gasteiger partial charge is 0.507 e. The van der Waals surface area contributed by atoms with Gasteiger partial charge in [-0.15, -0.1) is 0 Å². The molecule has 0 unspecified atom stereocenters. The van der Waals surface area contributed by atoms with Crippen molar-refractivity contribution in [3.63, 3.8) is 0 Å². The number of rotatable bonds is 1. The second-order valence-corrected chi connectivity index (χ2v) is 2.85. The number of aromatic hydroxyl groups is 1. The van der Waals surface area contributed by atoms with Gasteiger partial charge in [0.15, 0.2) is 0 Å². The van der Waals surface area contributed by atoms with Crippen LogP contribution in [0.25, 0.3) is 0 Å². The quantitative estimate of drug-likeness (QED) is 0.675. The van der Waals surface area contributed by atoms with Crippen molar-refractivity contribution in [1.82, 2.24) is 5.32 Å². The number of nitrogens with one attached hydrogen (secondary N) is 1. The van der Waals surface area contributed by atoms with Crippen molar-refractivity contribution in [2.75, 3.05) is 6.54 Å². The van der Waals surface area contributed by atoms with Crippen molar-refractivity contribution in [2.45, 2.75) is 6.92 Å². The zero-order valence-electron chi connectivity index (χ0n) is 8.17. The fourth-order valence-electron chi connectivity index (χ4n) is 0.938. The van der Waals surface area contributed by atoms with Crippen molar-refractivity contribution < 1.29 is 14.3 Å². The predicted octanol–water partition coefficient (Wildman–Crippen LogP) is 1.02. The number of hydrogen-bond donors (Lipinski definition) is 2. The number of amides is 1. The van der Waals surface area contributed by atoms with E-state index in [0.717, 1.165) is 0 Å². The van der Waals surface area contributed by atoms with Crippen molar-refractivity contribution in [1.29, 1.82) is 0 Å². The summed E-state index contributed by atoms with van der Waals surface area (Å²) in [5.41, 5.74) is -0.0529. The molecule has 0 spiro atoms. The standard InChI is InChI=1S/C11H10FNO2/c1-8(14)13-7-3-4-9-10(12)5-2-6-11(9)15/h2,5-6,15H,7H2,1H3,(H,13,14). The van der Waals surface area contributed by atoms with Crippen LogP contribution < -0.4 is 5.32 Å². The van der Waals surface area contributed by atoms with Gasteiger partial charge in [0.2, 0.25) is 5.91 Å². The van der Waals surface area contributed by atoms with Gasteiger partial charge in [-0.05, 0) is 12.1 Å². The van der Waals surface area contributed by atoms with E-state index in [0.29, 0.717) is 0 Å². The number of carbonyl (C=O) groups excluding carboxylic acids is 1. The molecule has 0 aliphatic carbocycles. The first-order valence-corrected chi connectivity index (χ1v) is 4.32. The second kappa shape index (κ2) is 5.01. The van der Waals surface area contributed by atoms with Crippen molar-refractivity contribution >= 4 is 5.91 Å². The van der Waals surface area contributed by atoms with Crippen LogP contribution in [0.4, 0.5) is 4.39 Å². The van der Waals surface area contributed by atoms with E-state index in [1.807, 2.05) is 0 Å². The van der Waals surface area contributed by atoms with Crippen LogP contribution in [0.5, 0.6) is 5.75 Å². The van der Waals surface area contributed by atoms with Gasteiger partial charge < -0.3 is 10.4 Å². The molecule has 0 aliphatic rings. The molecule has 1 aromatic rings. The molecule has 0 heterocycles. The summed E-state index contributed by atoms with van der Waals surface area (Å²) in [5.74, 6) is 3.99. The summed E-state index contributed by atoms with van der Waals surface area (Å²) in [6.45, 7) is 1.49. The number of phenolic OH excluding ortho intramolecular Hbond substituents is 1. The summed E-state index contributed by atoms with van der Waals surface area (Å²) in [5, 5.41) is 11.7. The lowest BCUT2D eigenvalue weighted by atomic mass is 10.2. The average Bonchev–Trinajstić information content (AvgIpc) is 2.15. The van der Waals surface area contributed by atoms with Gasteiger partial charge in [-0.25, -0.2) is 4.39 Å². The maximum Gasteiger partial charge on any atom is 0.217 e. The van der Waals surface area contributed by atoms with Gasteiger partial charge in [0, 0.05) is 6.92 Å². The molecule has 78 valence electrons. The number of carbonyl (C=O) groups is 1. The van der Waals surface area contributed by atoms with Gasteiger partial charge in [0.05, 0.1) is 6.54 Å². The number of benzene rings is 1. The van der Waals surface area contributed by atoms with E-state index in [2.05, 4.69) is 17.2 Å². The fourth-order valence-corrected chi connectivity index (χ4v) is 0.938. The summed E-state index contributed by atoms with van der Waals surface area (Å²) in [6.07, 6.45) is 0. The van der Waals surface area contributed by atoms with Gasteiger partial charge in [0.1, 0.15) is 17.1 Å². The van der Waals surface area contributed by atoms with Crippen LogP contribution >= 0.6 is 0 Å². The molecule has 1 aromatic carbocycles. The van der Waals surface area contributed by atoms with E-state index in [9.17, 15) is 14.3 Å². The smallest absolute Gasteiger partial charge is 0.217 e. The molecule has 0 atom stereocenters. The summed E-state index contributed by atoms with van der Waals surface area (Å²) < 4.78 is 13.1. The Bertz CT molecular complexity index is 412. The van der Waals surface area contributed by atoms with Crippen molar-refractivity contribution in [3.05, 3.63) is 29.6 Å². The highest BCUT2D eigenvalue weighted by molar-refractivity contribution is 5.73. The maximum atomic E-state index is 13.1. The molecule has 3 nitrogen and oxygen atoms in total. The minimum Gasteiger partial charge on any atom is -0.507 e. The molecule has 1 rings (SSSR count). The van der Waals surface area contributed by atoms with Crippen molar-refractivity contribution in [3.8, 4) is 17.6 Å². The lowest BCUT2D eigenvalue weighted by Gasteiger charge is -1.97. The summed E-state index contributed by atoms with van der Waals surface area (Å²) >= 11 is 0. The van der Waals surface area contributed by atoms with Gasteiger partial charge >= 0.3 is 0 Å². The fraction of sp³-hybridized carbons (Fsp3) is 0.182. The molecule has 0 radical (unpaired) electrons. The topological polar surface area (TPSA) is 49.3 Å². The molecule has 0 aromatic heterocycles. The average molecular weight is 207 g/mol. The SMILES string of the molecule is CC(=O)NCC#Cc1c(O)cccc1F. The molecule has 2 N–H and O–H groups in total. The number of halogens is 1. The van der Waals surface area contributed by atoms with E-state index >= 15 is 0 Å². The first-order chi connectivity index (χ1) is 7.11. The summed E-state index contributed by atoms with van der Waals surface area (Å²) in [4.78, 5) is 10.5. The Morgan fingerprint density at radius 2 is 2.33 bits per heavy atom. The number of phenols is 1. The van der Waals surface area contributed by atoms with Crippen LogP contribution in [-0.4, -0.2) is 17.6 Å². The van der Waals surface area contributed by atoms with E-state index in [-0.39, 0.29) is 23.8 Å². The molecular weight excluding hydrogens is 197 g/mol. The summed E-state index contributed by atoms with van der Waals surface area (Å²) in [6, 6.07) is 3.96. The first-order valence-electron chi connectivity index (χ1n) is 4.32.